The molecule has 0 atom stereocenters. The fourth-order valence-corrected chi connectivity index (χ4v) is 2.90. The third kappa shape index (κ3) is 3.26. The minimum absolute atomic E-state index is 0.140. The lowest BCUT2D eigenvalue weighted by Gasteiger charge is -2.02. The topological polar surface area (TPSA) is 54.9 Å². The maximum Gasteiger partial charge on any atom is 0.258 e. The van der Waals surface area contributed by atoms with Crippen molar-refractivity contribution in [2.24, 2.45) is 0 Å². The van der Waals surface area contributed by atoms with Crippen molar-refractivity contribution in [3.63, 3.8) is 0 Å². The van der Waals surface area contributed by atoms with Crippen LogP contribution in [0.15, 0.2) is 24.3 Å². The number of hydrogen-bond acceptors (Lipinski definition) is 4. The van der Waals surface area contributed by atoms with E-state index in [4.69, 9.17) is 0 Å². The smallest absolute Gasteiger partial charge is 0.258 e. The highest BCUT2D eigenvalue weighted by Gasteiger charge is 2.12. The Morgan fingerprint density at radius 1 is 1.39 bits per heavy atom. The van der Waals surface area contributed by atoms with Gasteiger partial charge in [0, 0.05) is 9.99 Å². The van der Waals surface area contributed by atoms with Gasteiger partial charge in [-0.15, -0.1) is 10.2 Å². The lowest BCUT2D eigenvalue weighted by atomic mass is 10.2. The van der Waals surface area contributed by atoms with Crippen molar-refractivity contribution < 1.29 is 4.79 Å². The third-order valence-electron chi connectivity index (χ3n) is 2.27. The van der Waals surface area contributed by atoms with Crippen LogP contribution >= 0.6 is 33.9 Å². The van der Waals surface area contributed by atoms with Gasteiger partial charge in [0.05, 0.1) is 5.56 Å². The number of nitrogens with zero attached hydrogens (tertiary/aromatic N) is 2. The molecule has 1 amide bonds. The number of halogens is 1. The molecule has 94 valence electrons. The van der Waals surface area contributed by atoms with E-state index in [-0.39, 0.29) is 5.91 Å². The lowest BCUT2D eigenvalue weighted by molar-refractivity contribution is 0.102. The van der Waals surface area contributed by atoms with Gasteiger partial charge in [0.25, 0.3) is 5.91 Å². The molecule has 0 spiro atoms. The van der Waals surface area contributed by atoms with E-state index in [0.717, 1.165) is 21.4 Å². The van der Waals surface area contributed by atoms with Crippen molar-refractivity contribution in [3.05, 3.63) is 38.4 Å². The quantitative estimate of drug-likeness (QED) is 0.837. The van der Waals surface area contributed by atoms with Crippen LogP contribution < -0.4 is 5.32 Å². The molecule has 0 bridgehead atoms. The molecule has 0 aliphatic carbocycles. The average molecular weight is 373 g/mol. The predicted molar refractivity (Wildman–Crippen MR) is 81.0 cm³/mol. The van der Waals surface area contributed by atoms with E-state index in [1.54, 1.807) is 6.07 Å². The molecular weight excluding hydrogens is 361 g/mol. The molecular formula is C12H12IN3OS. The fraction of sp³-hybridized carbons (Fsp3) is 0.250. The Morgan fingerprint density at radius 3 is 2.89 bits per heavy atom. The number of rotatable bonds is 4. The molecule has 0 fully saturated rings. The SMILES string of the molecule is CCCc1nnc(NC(=O)c2ccccc2I)s1. The summed E-state index contributed by atoms with van der Waals surface area (Å²) in [4.78, 5) is 12.0. The molecule has 0 aliphatic rings. The molecule has 4 nitrogen and oxygen atoms in total. The Hall–Kier alpha value is -1.02. The van der Waals surface area contributed by atoms with E-state index >= 15 is 0 Å². The van der Waals surface area contributed by atoms with E-state index in [1.165, 1.54) is 11.3 Å². The lowest BCUT2D eigenvalue weighted by Crippen LogP contribution is -2.13. The van der Waals surface area contributed by atoms with E-state index in [0.29, 0.717) is 10.7 Å². The number of aromatic nitrogens is 2. The van der Waals surface area contributed by atoms with Crippen molar-refractivity contribution >= 4 is 45.0 Å². The molecule has 0 unspecified atom stereocenters. The van der Waals surface area contributed by atoms with Crippen LogP contribution in [0.1, 0.15) is 28.7 Å². The highest BCUT2D eigenvalue weighted by molar-refractivity contribution is 14.1. The van der Waals surface area contributed by atoms with E-state index < -0.39 is 0 Å². The first-order chi connectivity index (χ1) is 8.70. The molecule has 0 aliphatic heterocycles. The molecule has 1 aromatic carbocycles. The van der Waals surface area contributed by atoms with Crippen LogP contribution in [0.5, 0.6) is 0 Å². The second-order valence-corrected chi connectivity index (χ2v) is 5.91. The molecule has 1 N–H and O–H groups in total. The van der Waals surface area contributed by atoms with E-state index in [1.807, 2.05) is 18.2 Å². The van der Waals surface area contributed by atoms with Crippen LogP contribution in [0.2, 0.25) is 0 Å². The maximum absolute atomic E-state index is 12.0. The highest BCUT2D eigenvalue weighted by atomic mass is 127. The van der Waals surface area contributed by atoms with Crippen molar-refractivity contribution in [3.8, 4) is 0 Å². The second kappa shape index (κ2) is 6.24. The largest absolute Gasteiger partial charge is 0.296 e. The van der Waals surface area contributed by atoms with Crippen molar-refractivity contribution in [2.75, 3.05) is 5.32 Å². The standard InChI is InChI=1S/C12H12IN3OS/c1-2-5-10-15-16-12(18-10)14-11(17)8-6-3-4-7-9(8)13/h3-4,6-7H,2,5H2,1H3,(H,14,16,17). The first kappa shape index (κ1) is 13.4. The van der Waals surface area contributed by atoms with Gasteiger partial charge in [0.1, 0.15) is 5.01 Å². The van der Waals surface area contributed by atoms with Gasteiger partial charge < -0.3 is 0 Å². The number of hydrogen-bond donors (Lipinski definition) is 1. The summed E-state index contributed by atoms with van der Waals surface area (Å²) in [7, 11) is 0. The zero-order valence-corrected chi connectivity index (χ0v) is 12.8. The van der Waals surface area contributed by atoms with Gasteiger partial charge in [-0.2, -0.15) is 0 Å². The van der Waals surface area contributed by atoms with Crippen LogP contribution in [0.3, 0.4) is 0 Å². The number of carbonyl (C=O) groups is 1. The normalized spacial score (nSPS) is 10.3. The van der Waals surface area contributed by atoms with Gasteiger partial charge in [0.15, 0.2) is 0 Å². The highest BCUT2D eigenvalue weighted by Crippen LogP contribution is 2.19. The first-order valence-electron chi connectivity index (χ1n) is 5.59. The molecule has 18 heavy (non-hydrogen) atoms. The summed E-state index contributed by atoms with van der Waals surface area (Å²) in [6, 6.07) is 7.45. The summed E-state index contributed by atoms with van der Waals surface area (Å²) in [5.41, 5.74) is 0.658. The van der Waals surface area contributed by atoms with Crippen molar-refractivity contribution in [2.45, 2.75) is 19.8 Å². The van der Waals surface area contributed by atoms with Gasteiger partial charge in [-0.05, 0) is 41.1 Å². The molecule has 1 aromatic heterocycles. The van der Waals surface area contributed by atoms with Crippen molar-refractivity contribution in [1.29, 1.82) is 0 Å². The molecule has 1 heterocycles. The second-order valence-electron chi connectivity index (χ2n) is 3.68. The van der Waals surface area contributed by atoms with Crippen LogP contribution in [0.4, 0.5) is 5.13 Å². The van der Waals surface area contributed by atoms with E-state index in [9.17, 15) is 4.79 Å². The third-order valence-corrected chi connectivity index (χ3v) is 4.11. The predicted octanol–water partition coefficient (Wildman–Crippen LogP) is 3.35. The molecule has 2 aromatic rings. The number of carbonyl (C=O) groups excluding carboxylic acids is 1. The van der Waals surface area contributed by atoms with E-state index in [2.05, 4.69) is 45.0 Å². The Morgan fingerprint density at radius 2 is 2.17 bits per heavy atom. The minimum atomic E-state index is -0.140. The van der Waals surface area contributed by atoms with Gasteiger partial charge >= 0.3 is 0 Å². The number of benzene rings is 1. The minimum Gasteiger partial charge on any atom is -0.296 e. The zero-order valence-electron chi connectivity index (χ0n) is 9.81. The van der Waals surface area contributed by atoms with Crippen LogP contribution in [0.25, 0.3) is 0 Å². The number of nitrogens with one attached hydrogen (secondary N) is 1. The monoisotopic (exact) mass is 373 g/mol. The summed E-state index contributed by atoms with van der Waals surface area (Å²) >= 11 is 3.57. The number of anilines is 1. The summed E-state index contributed by atoms with van der Waals surface area (Å²) in [6.07, 6.45) is 1.93. The fourth-order valence-electron chi connectivity index (χ4n) is 1.43. The van der Waals surface area contributed by atoms with Crippen molar-refractivity contribution in [1.82, 2.24) is 10.2 Å². The Kier molecular flexibility index (Phi) is 4.65. The maximum atomic E-state index is 12.0. The molecule has 0 saturated carbocycles. The van der Waals surface area contributed by atoms with Gasteiger partial charge in [0.2, 0.25) is 5.13 Å². The average Bonchev–Trinajstić information content (AvgIpc) is 2.77. The molecule has 0 radical (unpaired) electrons. The van der Waals surface area contributed by atoms with Gasteiger partial charge in [-0.1, -0.05) is 30.4 Å². The first-order valence-corrected chi connectivity index (χ1v) is 7.48. The van der Waals surface area contributed by atoms with Crippen LogP contribution in [0, 0.1) is 3.57 Å². The molecule has 0 saturated heterocycles. The Balaban J connectivity index is 2.09. The van der Waals surface area contributed by atoms with Gasteiger partial charge in [-0.25, -0.2) is 0 Å². The molecule has 2 rings (SSSR count). The Bertz CT molecular complexity index is 556. The summed E-state index contributed by atoms with van der Waals surface area (Å²) in [6.45, 7) is 2.09. The number of aryl methyl sites for hydroxylation is 1. The zero-order chi connectivity index (χ0) is 13.0. The Labute approximate surface area is 123 Å². The number of amides is 1. The van der Waals surface area contributed by atoms with Gasteiger partial charge in [-0.3, -0.25) is 10.1 Å². The van der Waals surface area contributed by atoms with Crippen LogP contribution in [-0.4, -0.2) is 16.1 Å². The molecule has 6 heteroatoms. The van der Waals surface area contributed by atoms with Crippen LogP contribution in [-0.2, 0) is 6.42 Å². The summed E-state index contributed by atoms with van der Waals surface area (Å²) < 4.78 is 0.922. The summed E-state index contributed by atoms with van der Waals surface area (Å²) in [5.74, 6) is -0.140. The summed E-state index contributed by atoms with van der Waals surface area (Å²) in [5, 5.41) is 12.3.